The van der Waals surface area contributed by atoms with Crippen LogP contribution in [0.25, 0.3) is 134 Å². The fourth-order valence-electron chi connectivity index (χ4n) is 11.5. The maximum absolute atomic E-state index is 6.09. The molecule has 2 N–H and O–H groups in total. The van der Waals surface area contributed by atoms with Crippen molar-refractivity contribution >= 4 is 44.1 Å². The van der Waals surface area contributed by atoms with Crippen LogP contribution in [-0.2, 0) is 64.3 Å². The monoisotopic (exact) mass is 1170 g/mol. The highest BCUT2D eigenvalue weighted by atomic mass is 16.5. The Kier molecular flexibility index (Phi) is 17.6. The number of rotatable bonds is 24. The van der Waals surface area contributed by atoms with Gasteiger partial charge in [0.2, 0.25) is 0 Å². The Labute approximate surface area is 509 Å². The maximum Gasteiger partial charge on any atom is 0.164 e. The molecular formula is C72H66N8O8. The number of fused-ring (bicyclic) bond motifs is 20. The van der Waals surface area contributed by atoms with Crippen LogP contribution in [0.1, 0.15) is 22.3 Å². The number of hydrogen-bond donors (Lipinski definition) is 2. The van der Waals surface area contributed by atoms with Crippen molar-refractivity contribution in [2.45, 2.75) is 26.4 Å². The van der Waals surface area contributed by atoms with Crippen molar-refractivity contribution in [1.29, 1.82) is 0 Å². The minimum absolute atomic E-state index is 0.415. The molecule has 16 heteroatoms. The van der Waals surface area contributed by atoms with Crippen LogP contribution in [0.4, 0.5) is 0 Å². The first kappa shape index (κ1) is 57.9. The van der Waals surface area contributed by atoms with Gasteiger partial charge in [-0.3, -0.25) is 0 Å². The molecule has 5 heterocycles. The van der Waals surface area contributed by atoms with Crippen LogP contribution in [0.2, 0.25) is 0 Å². The summed E-state index contributed by atoms with van der Waals surface area (Å²) >= 11 is 0. The molecule has 11 aromatic rings. The molecule has 0 saturated carbocycles. The lowest BCUT2D eigenvalue weighted by Gasteiger charge is -2.12. The van der Waals surface area contributed by atoms with Gasteiger partial charge in [-0.1, -0.05) is 121 Å². The second kappa shape index (κ2) is 26.8. The van der Waals surface area contributed by atoms with Gasteiger partial charge in [0.25, 0.3) is 0 Å². The number of hydrogen-bond acceptors (Lipinski definition) is 14. The van der Waals surface area contributed by atoms with E-state index in [9.17, 15) is 0 Å². The molecule has 8 aromatic carbocycles. The number of aromatic amines is 2. The lowest BCUT2D eigenvalue weighted by Crippen LogP contribution is -2.02. The van der Waals surface area contributed by atoms with Gasteiger partial charge in [0.05, 0.1) is 79.3 Å². The maximum atomic E-state index is 6.09. The Morgan fingerprint density at radius 1 is 0.261 bits per heavy atom. The molecule has 2 aliphatic heterocycles. The van der Waals surface area contributed by atoms with E-state index in [1.54, 1.807) is 28.4 Å². The van der Waals surface area contributed by atoms with E-state index in [1.165, 1.54) is 0 Å². The number of methoxy groups -OCH3 is 4. The highest BCUT2D eigenvalue weighted by Crippen LogP contribution is 2.42. The van der Waals surface area contributed by atoms with Gasteiger partial charge in [-0.25, -0.2) is 29.9 Å². The predicted octanol–water partition coefficient (Wildman–Crippen LogP) is 14.2. The van der Waals surface area contributed by atoms with Crippen LogP contribution < -0.4 is 0 Å². The Morgan fingerprint density at radius 2 is 0.545 bits per heavy atom. The molecule has 0 amide bonds. The molecule has 0 atom stereocenters. The van der Waals surface area contributed by atoms with Crippen molar-refractivity contribution in [3.8, 4) is 90.1 Å². The average molecular weight is 1170 g/mol. The quantitative estimate of drug-likeness (QED) is 0.0545. The SMILES string of the molecule is COCCOCc1ccccc1-c1ccc2c(c1)-c1nc-2nc2[nH]c(nc3nc(nc4[nH]c(n1)c1ccc(-c5ccccc5COCCOC)cc41)-c1ccc(-c4ccccc4COCCOC)cc1-3)c1ccc(-c3ccccc3COCCOC)cc21. The van der Waals surface area contributed by atoms with Gasteiger partial charge in [0, 0.05) is 72.2 Å². The van der Waals surface area contributed by atoms with E-state index in [4.69, 9.17) is 67.8 Å². The Morgan fingerprint density at radius 3 is 0.875 bits per heavy atom. The second-order valence-electron chi connectivity index (χ2n) is 21.5. The smallest absolute Gasteiger partial charge is 0.164 e. The summed E-state index contributed by atoms with van der Waals surface area (Å²) in [5.41, 5.74) is 17.8. The highest BCUT2D eigenvalue weighted by molar-refractivity contribution is 6.08. The molecule has 0 aliphatic carbocycles. The van der Waals surface area contributed by atoms with Gasteiger partial charge in [-0.15, -0.1) is 0 Å². The first-order valence-electron chi connectivity index (χ1n) is 29.5. The lowest BCUT2D eigenvalue weighted by atomic mass is 9.96. The van der Waals surface area contributed by atoms with Crippen LogP contribution in [0.5, 0.6) is 0 Å². The van der Waals surface area contributed by atoms with Gasteiger partial charge in [0.15, 0.2) is 23.3 Å². The zero-order chi connectivity index (χ0) is 59.8. The molecule has 0 unspecified atom stereocenters. The van der Waals surface area contributed by atoms with Crippen LogP contribution in [0.15, 0.2) is 170 Å². The van der Waals surface area contributed by atoms with E-state index in [0.29, 0.717) is 125 Å². The average Bonchev–Trinajstić information content (AvgIpc) is 2.03. The van der Waals surface area contributed by atoms with Crippen molar-refractivity contribution in [3.63, 3.8) is 0 Å². The molecule has 8 bridgehead atoms. The number of nitrogens with one attached hydrogen (secondary N) is 2. The molecule has 3 aromatic heterocycles. The fraction of sp³-hybridized carbons (Fsp3) is 0.222. The number of ether oxygens (including phenoxy) is 8. The fourth-order valence-corrected chi connectivity index (χ4v) is 11.5. The van der Waals surface area contributed by atoms with E-state index in [2.05, 4.69) is 131 Å². The standard InChI is InChI=1S/C72H66N8O8/c1-81-29-33-85-41-49-13-5-9-17-53(49)45-21-25-57-61(37-45)69-73-65(57)78-70-63-39-47(55-19-11-7-15-51(55)43-87-35-31-83-3)23-27-59(63)67(75-70)80-72-64-40-48(56-20-12-8-16-52(56)44-88-36-32-84-4)24-28-60(64)68(76-72)79-71-62-38-46(22-26-58(62)66(74-71)77-69)54-18-10-6-14-50(54)42-86-34-30-82-2/h5-28,37-40H,29-36,41-44H2,1-4H3,(H2,73,74,75,76,77,78,79,80). The molecule has 0 saturated heterocycles. The van der Waals surface area contributed by atoms with Gasteiger partial charge >= 0.3 is 0 Å². The van der Waals surface area contributed by atoms with E-state index >= 15 is 0 Å². The topological polar surface area (TPSA) is 183 Å². The van der Waals surface area contributed by atoms with Crippen LogP contribution in [-0.4, -0.2) is 121 Å². The minimum atomic E-state index is 0.415. The van der Waals surface area contributed by atoms with Crippen molar-refractivity contribution in [2.24, 2.45) is 0 Å². The van der Waals surface area contributed by atoms with E-state index < -0.39 is 0 Å². The summed E-state index contributed by atoms with van der Waals surface area (Å²) in [6.07, 6.45) is 0. The van der Waals surface area contributed by atoms with E-state index in [0.717, 1.165) is 111 Å². The minimum Gasteiger partial charge on any atom is -0.382 e. The molecule has 442 valence electrons. The number of benzene rings is 8. The van der Waals surface area contributed by atoms with Gasteiger partial charge in [0.1, 0.15) is 22.6 Å². The highest BCUT2D eigenvalue weighted by Gasteiger charge is 2.25. The normalized spacial score (nSPS) is 11.9. The van der Waals surface area contributed by atoms with Gasteiger partial charge < -0.3 is 47.9 Å². The van der Waals surface area contributed by atoms with Crippen LogP contribution in [0, 0.1) is 0 Å². The third-order valence-corrected chi connectivity index (χ3v) is 15.9. The summed E-state index contributed by atoms with van der Waals surface area (Å²) in [4.78, 5) is 40.1. The van der Waals surface area contributed by atoms with Gasteiger partial charge in [-0.2, -0.15) is 0 Å². The number of nitrogens with zero attached hydrogens (tertiary/aromatic N) is 6. The summed E-state index contributed by atoms with van der Waals surface area (Å²) in [5, 5.41) is 3.36. The first-order valence-corrected chi connectivity index (χ1v) is 29.5. The van der Waals surface area contributed by atoms with E-state index in [1.807, 2.05) is 48.5 Å². The largest absolute Gasteiger partial charge is 0.382 e. The molecule has 13 rings (SSSR count). The van der Waals surface area contributed by atoms with Crippen LogP contribution >= 0.6 is 0 Å². The molecule has 0 radical (unpaired) electrons. The van der Waals surface area contributed by atoms with Crippen molar-refractivity contribution in [3.05, 3.63) is 192 Å². The molecule has 88 heavy (non-hydrogen) atoms. The number of H-pyrrole nitrogens is 2. The summed E-state index contributed by atoms with van der Waals surface area (Å²) < 4.78 is 45.5. The van der Waals surface area contributed by atoms with E-state index in [-0.39, 0.29) is 0 Å². The molecule has 0 fully saturated rings. The molecule has 16 nitrogen and oxygen atoms in total. The Bertz CT molecular complexity index is 4240. The second-order valence-corrected chi connectivity index (χ2v) is 21.5. The Balaban J connectivity index is 1.06. The zero-order valence-corrected chi connectivity index (χ0v) is 49.6. The van der Waals surface area contributed by atoms with Gasteiger partial charge in [-0.05, 0) is 115 Å². The van der Waals surface area contributed by atoms with Crippen molar-refractivity contribution < 1.29 is 37.9 Å². The third kappa shape index (κ3) is 12.1. The van der Waals surface area contributed by atoms with Crippen LogP contribution in [0.3, 0.4) is 0 Å². The molecular weight excluding hydrogens is 1100 g/mol. The van der Waals surface area contributed by atoms with Crippen molar-refractivity contribution in [2.75, 3.05) is 81.3 Å². The Hall–Kier alpha value is -9.20. The number of aromatic nitrogens is 8. The zero-order valence-electron chi connectivity index (χ0n) is 49.6. The summed E-state index contributed by atoms with van der Waals surface area (Å²) in [6.45, 7) is 5.56. The summed E-state index contributed by atoms with van der Waals surface area (Å²) in [6, 6.07) is 58.7. The third-order valence-electron chi connectivity index (χ3n) is 15.9. The molecule has 2 aliphatic rings. The lowest BCUT2D eigenvalue weighted by molar-refractivity contribution is 0.0618. The first-order chi connectivity index (χ1) is 43.5. The van der Waals surface area contributed by atoms with Crippen molar-refractivity contribution in [1.82, 2.24) is 39.9 Å². The predicted molar refractivity (Wildman–Crippen MR) is 344 cm³/mol. The molecule has 0 spiro atoms. The summed E-state index contributed by atoms with van der Waals surface area (Å²) in [7, 11) is 6.70. The summed E-state index contributed by atoms with van der Waals surface area (Å²) in [5.74, 6) is 1.93.